The smallest absolute Gasteiger partial charge is 0.339 e. The number of hydrogen-bond donors (Lipinski definition) is 1. The summed E-state index contributed by atoms with van der Waals surface area (Å²) >= 11 is 0. The average Bonchev–Trinajstić information content (AvgIpc) is 3.06. The highest BCUT2D eigenvalue weighted by Crippen LogP contribution is 2.47. The van der Waals surface area contributed by atoms with Crippen LogP contribution in [0.5, 0.6) is 0 Å². The standard InChI is InChI=1S/C20H23N3O/c21-19(24)23-18-13-20(12-11-15(18)14-22-23,16-7-3-1-4-8-16)17-9-5-2-6-10-17/h1,3-4,7-8,11-12,14,17H,2,5-6,9-10,13H2,(H2,21,24). The van der Waals surface area contributed by atoms with E-state index in [0.29, 0.717) is 5.92 Å². The molecule has 1 saturated carbocycles. The number of primary amides is 1. The summed E-state index contributed by atoms with van der Waals surface area (Å²) in [6.07, 6.45) is 13.4. The van der Waals surface area contributed by atoms with Crippen LogP contribution in [0.4, 0.5) is 4.79 Å². The summed E-state index contributed by atoms with van der Waals surface area (Å²) in [5.74, 6) is 0.592. The molecule has 4 heteroatoms. The number of carbonyl (C=O) groups excluding carboxylic acids is 1. The number of benzene rings is 1. The van der Waals surface area contributed by atoms with E-state index in [0.717, 1.165) is 17.7 Å². The molecule has 1 fully saturated rings. The number of hydrogen-bond acceptors (Lipinski definition) is 2. The van der Waals surface area contributed by atoms with Gasteiger partial charge in [-0.25, -0.2) is 4.79 Å². The zero-order valence-corrected chi connectivity index (χ0v) is 13.8. The van der Waals surface area contributed by atoms with Crippen molar-refractivity contribution < 1.29 is 4.79 Å². The number of rotatable bonds is 2. The van der Waals surface area contributed by atoms with Gasteiger partial charge < -0.3 is 5.73 Å². The first kappa shape index (κ1) is 15.2. The third-order valence-corrected chi connectivity index (χ3v) is 5.78. The molecule has 1 atom stereocenters. The zero-order valence-electron chi connectivity index (χ0n) is 13.8. The highest BCUT2D eigenvalue weighted by atomic mass is 16.2. The molecule has 2 aliphatic rings. The predicted octanol–water partition coefficient (Wildman–Crippen LogP) is 3.90. The lowest BCUT2D eigenvalue weighted by Crippen LogP contribution is -2.40. The summed E-state index contributed by atoms with van der Waals surface area (Å²) in [4.78, 5) is 11.8. The van der Waals surface area contributed by atoms with E-state index in [1.807, 2.05) is 0 Å². The van der Waals surface area contributed by atoms with Crippen LogP contribution in [0.2, 0.25) is 0 Å². The summed E-state index contributed by atoms with van der Waals surface area (Å²) in [7, 11) is 0. The van der Waals surface area contributed by atoms with Crippen molar-refractivity contribution in [3.8, 4) is 0 Å². The summed E-state index contributed by atoms with van der Waals surface area (Å²) in [5.41, 5.74) is 8.74. The molecule has 2 N–H and O–H groups in total. The van der Waals surface area contributed by atoms with E-state index in [1.54, 1.807) is 6.20 Å². The van der Waals surface area contributed by atoms with Gasteiger partial charge in [-0.05, 0) is 24.3 Å². The van der Waals surface area contributed by atoms with Gasteiger partial charge in [0, 0.05) is 17.4 Å². The molecule has 4 rings (SSSR count). The van der Waals surface area contributed by atoms with Gasteiger partial charge in [0.05, 0.1) is 11.9 Å². The van der Waals surface area contributed by atoms with Crippen LogP contribution in [0.15, 0.2) is 42.6 Å². The Bertz CT molecular complexity index is 771. The summed E-state index contributed by atoms with van der Waals surface area (Å²) in [5, 5.41) is 4.19. The maximum Gasteiger partial charge on any atom is 0.339 e. The van der Waals surface area contributed by atoms with Crippen molar-refractivity contribution >= 4 is 12.1 Å². The second kappa shape index (κ2) is 5.93. The Balaban J connectivity index is 1.83. The van der Waals surface area contributed by atoms with E-state index in [9.17, 15) is 4.79 Å². The number of fused-ring (bicyclic) bond motifs is 1. The highest BCUT2D eigenvalue weighted by molar-refractivity contribution is 5.76. The minimum atomic E-state index is -0.503. The van der Waals surface area contributed by atoms with Crippen molar-refractivity contribution in [3.05, 3.63) is 59.4 Å². The van der Waals surface area contributed by atoms with Crippen LogP contribution in [-0.2, 0) is 11.8 Å². The first-order valence-electron chi connectivity index (χ1n) is 8.82. The van der Waals surface area contributed by atoms with Crippen LogP contribution in [-0.4, -0.2) is 15.8 Å². The molecular weight excluding hydrogens is 298 g/mol. The molecule has 1 amide bonds. The second-order valence-electron chi connectivity index (χ2n) is 7.05. The van der Waals surface area contributed by atoms with Gasteiger partial charge in [0.1, 0.15) is 0 Å². The number of nitrogens with zero attached hydrogens (tertiary/aromatic N) is 2. The summed E-state index contributed by atoms with van der Waals surface area (Å²) < 4.78 is 1.37. The first-order valence-corrected chi connectivity index (χ1v) is 8.82. The van der Waals surface area contributed by atoms with E-state index in [2.05, 4.69) is 47.6 Å². The Hall–Kier alpha value is -2.36. The maximum absolute atomic E-state index is 11.8. The van der Waals surface area contributed by atoms with Crippen LogP contribution in [0, 0.1) is 5.92 Å². The molecule has 1 heterocycles. The third kappa shape index (κ3) is 2.37. The molecule has 2 aromatic rings. The Kier molecular flexibility index (Phi) is 3.75. The van der Waals surface area contributed by atoms with Crippen LogP contribution >= 0.6 is 0 Å². The lowest BCUT2D eigenvalue weighted by molar-refractivity contribution is 0.234. The molecule has 0 bridgehead atoms. The SMILES string of the molecule is NC(=O)n1ncc2c1CC(c1ccccc1)(C1CCCCC1)C=C2. The monoisotopic (exact) mass is 321 g/mol. The number of nitrogens with two attached hydrogens (primary N) is 1. The number of allylic oxidation sites excluding steroid dienone is 1. The van der Waals surface area contributed by atoms with Crippen LogP contribution < -0.4 is 5.73 Å². The molecule has 24 heavy (non-hydrogen) atoms. The molecule has 1 aromatic carbocycles. The van der Waals surface area contributed by atoms with Crippen molar-refractivity contribution in [2.24, 2.45) is 11.7 Å². The van der Waals surface area contributed by atoms with Crippen LogP contribution in [0.3, 0.4) is 0 Å². The topological polar surface area (TPSA) is 60.9 Å². The van der Waals surface area contributed by atoms with Gasteiger partial charge >= 0.3 is 6.03 Å². The molecule has 0 saturated heterocycles. The van der Waals surface area contributed by atoms with E-state index in [-0.39, 0.29) is 5.41 Å². The fourth-order valence-electron chi connectivity index (χ4n) is 4.55. The first-order chi connectivity index (χ1) is 11.7. The van der Waals surface area contributed by atoms with Crippen molar-refractivity contribution in [3.63, 3.8) is 0 Å². The van der Waals surface area contributed by atoms with Crippen LogP contribution in [0.25, 0.3) is 6.08 Å². The van der Waals surface area contributed by atoms with Gasteiger partial charge in [-0.1, -0.05) is 61.7 Å². The third-order valence-electron chi connectivity index (χ3n) is 5.78. The van der Waals surface area contributed by atoms with Crippen molar-refractivity contribution in [2.75, 3.05) is 0 Å². The zero-order chi connectivity index (χ0) is 16.6. The molecule has 2 aliphatic carbocycles. The largest absolute Gasteiger partial charge is 0.350 e. The Labute approximate surface area is 142 Å². The molecule has 4 nitrogen and oxygen atoms in total. The minimum absolute atomic E-state index is 0.0675. The fraction of sp³-hybridized carbons (Fsp3) is 0.400. The van der Waals surface area contributed by atoms with Gasteiger partial charge in [-0.2, -0.15) is 9.78 Å². The van der Waals surface area contributed by atoms with E-state index in [4.69, 9.17) is 5.73 Å². The van der Waals surface area contributed by atoms with Crippen molar-refractivity contribution in [1.82, 2.24) is 9.78 Å². The minimum Gasteiger partial charge on any atom is -0.350 e. The molecule has 0 spiro atoms. The molecular formula is C20H23N3O. The van der Waals surface area contributed by atoms with E-state index >= 15 is 0 Å². The number of aromatic nitrogens is 2. The van der Waals surface area contributed by atoms with Gasteiger partial charge in [0.25, 0.3) is 0 Å². The van der Waals surface area contributed by atoms with E-state index in [1.165, 1.54) is 42.3 Å². The maximum atomic E-state index is 11.8. The van der Waals surface area contributed by atoms with Crippen molar-refractivity contribution in [2.45, 2.75) is 43.9 Å². The lowest BCUT2D eigenvalue weighted by Gasteiger charge is -2.43. The molecule has 1 aromatic heterocycles. The molecule has 1 unspecified atom stereocenters. The molecule has 0 aliphatic heterocycles. The number of carbonyl (C=O) groups is 1. The second-order valence-corrected chi connectivity index (χ2v) is 7.05. The highest BCUT2D eigenvalue weighted by Gasteiger charge is 2.42. The van der Waals surface area contributed by atoms with Gasteiger partial charge in [0.15, 0.2) is 0 Å². The van der Waals surface area contributed by atoms with Gasteiger partial charge in [-0.15, -0.1) is 0 Å². The van der Waals surface area contributed by atoms with Crippen LogP contribution in [0.1, 0.15) is 48.9 Å². The predicted molar refractivity (Wildman–Crippen MR) is 94.6 cm³/mol. The fourth-order valence-corrected chi connectivity index (χ4v) is 4.55. The van der Waals surface area contributed by atoms with Crippen molar-refractivity contribution in [1.29, 1.82) is 0 Å². The summed E-state index contributed by atoms with van der Waals surface area (Å²) in [6, 6.07) is 10.2. The quantitative estimate of drug-likeness (QED) is 0.912. The Morgan fingerprint density at radius 2 is 1.92 bits per heavy atom. The number of amides is 1. The lowest BCUT2D eigenvalue weighted by atomic mass is 9.61. The normalized spacial score (nSPS) is 23.8. The van der Waals surface area contributed by atoms with E-state index < -0.39 is 6.03 Å². The molecule has 0 radical (unpaired) electrons. The van der Waals surface area contributed by atoms with Gasteiger partial charge in [0.2, 0.25) is 0 Å². The average molecular weight is 321 g/mol. The Morgan fingerprint density at radius 1 is 1.17 bits per heavy atom. The Morgan fingerprint density at radius 3 is 2.62 bits per heavy atom. The molecule has 124 valence electrons. The summed E-state index contributed by atoms with van der Waals surface area (Å²) in [6.45, 7) is 0. The van der Waals surface area contributed by atoms with Gasteiger partial charge in [-0.3, -0.25) is 0 Å².